The van der Waals surface area contributed by atoms with Crippen molar-refractivity contribution in [1.82, 2.24) is 0 Å². The summed E-state index contributed by atoms with van der Waals surface area (Å²) in [7, 11) is 0. The fraction of sp³-hybridized carbons (Fsp3) is 0. The minimum Gasteiger partial charge on any atom is -0.310 e. The molecule has 0 bridgehead atoms. The molecule has 1 heterocycles. The highest BCUT2D eigenvalue weighted by Crippen LogP contribution is 2.43. The third-order valence-corrected chi connectivity index (χ3v) is 11.6. The number of rotatable bonds is 7. The second-order valence-electron chi connectivity index (χ2n) is 13.7. The van der Waals surface area contributed by atoms with Crippen LogP contribution in [0.1, 0.15) is 0 Å². The Labute approximate surface area is 319 Å². The first-order valence-electron chi connectivity index (χ1n) is 18.4. The van der Waals surface area contributed by atoms with E-state index in [4.69, 9.17) is 0 Å². The van der Waals surface area contributed by atoms with Crippen molar-refractivity contribution in [2.24, 2.45) is 0 Å². The molecule has 10 rings (SSSR count). The van der Waals surface area contributed by atoms with Crippen LogP contribution in [0.2, 0.25) is 0 Å². The van der Waals surface area contributed by atoms with Crippen LogP contribution in [0.3, 0.4) is 0 Å². The van der Waals surface area contributed by atoms with Gasteiger partial charge >= 0.3 is 0 Å². The zero-order valence-corrected chi connectivity index (χ0v) is 30.4. The Morgan fingerprint density at radius 2 is 0.796 bits per heavy atom. The number of benzene rings is 9. The van der Waals surface area contributed by atoms with Gasteiger partial charge in [0.15, 0.2) is 0 Å². The van der Waals surface area contributed by atoms with Crippen molar-refractivity contribution in [3.63, 3.8) is 0 Å². The molecular weight excluding hydrogens is 671 g/mol. The Morgan fingerprint density at radius 1 is 0.315 bits per heavy atom. The average molecular weight is 706 g/mol. The molecule has 0 radical (unpaired) electrons. The molecule has 0 N–H and O–H groups in total. The average Bonchev–Trinajstić information content (AvgIpc) is 3.64. The summed E-state index contributed by atoms with van der Waals surface area (Å²) in [5.74, 6) is 0. The Kier molecular flexibility index (Phi) is 8.09. The standard InChI is InChI=1S/C52H35NS/c1-3-11-36(12-4-1)38-19-21-41(22-20-38)46-15-7-9-17-49(46)53(44-30-25-39(26-31-44)37-13-5-2-6-14-37)45-32-27-40(28-33-45)43-24-23-42-29-34-51-52(48(42)35-43)47-16-8-10-18-50(47)54-51/h1-35H. The number of thiophene rings is 1. The lowest BCUT2D eigenvalue weighted by molar-refractivity contribution is 1.28. The topological polar surface area (TPSA) is 3.24 Å². The fourth-order valence-corrected chi connectivity index (χ4v) is 8.89. The van der Waals surface area contributed by atoms with Gasteiger partial charge in [-0.3, -0.25) is 0 Å². The van der Waals surface area contributed by atoms with Crippen LogP contribution in [0.4, 0.5) is 17.1 Å². The normalized spacial score (nSPS) is 11.3. The molecule has 0 unspecified atom stereocenters. The van der Waals surface area contributed by atoms with Gasteiger partial charge < -0.3 is 4.90 Å². The molecule has 0 spiro atoms. The summed E-state index contributed by atoms with van der Waals surface area (Å²) in [6.45, 7) is 0. The molecular formula is C52H35NS. The number of hydrogen-bond acceptors (Lipinski definition) is 2. The lowest BCUT2D eigenvalue weighted by Gasteiger charge is -2.28. The van der Waals surface area contributed by atoms with E-state index < -0.39 is 0 Å². The summed E-state index contributed by atoms with van der Waals surface area (Å²) in [4.78, 5) is 2.39. The molecule has 1 aromatic heterocycles. The van der Waals surface area contributed by atoms with Gasteiger partial charge in [-0.05, 0) is 98.2 Å². The van der Waals surface area contributed by atoms with Crippen LogP contribution < -0.4 is 4.90 Å². The maximum absolute atomic E-state index is 2.39. The SMILES string of the molecule is c1ccc(-c2ccc(-c3ccccc3N(c3ccc(-c4ccccc4)cc3)c3ccc(-c4ccc5ccc6sc7ccccc7c6c5c4)cc3)cc2)cc1. The van der Waals surface area contributed by atoms with Gasteiger partial charge in [-0.1, -0.05) is 164 Å². The summed E-state index contributed by atoms with van der Waals surface area (Å²) in [5.41, 5.74) is 12.9. The maximum atomic E-state index is 2.39. The molecule has 10 aromatic rings. The van der Waals surface area contributed by atoms with Crippen LogP contribution in [0.15, 0.2) is 212 Å². The molecule has 0 saturated carbocycles. The highest BCUT2D eigenvalue weighted by Gasteiger charge is 2.18. The minimum atomic E-state index is 1.10. The predicted molar refractivity (Wildman–Crippen MR) is 233 cm³/mol. The van der Waals surface area contributed by atoms with Crippen LogP contribution in [-0.4, -0.2) is 0 Å². The first kappa shape index (κ1) is 32.0. The van der Waals surface area contributed by atoms with E-state index in [1.807, 2.05) is 11.3 Å². The molecule has 2 heteroatoms. The van der Waals surface area contributed by atoms with Crippen molar-refractivity contribution in [1.29, 1.82) is 0 Å². The van der Waals surface area contributed by atoms with E-state index in [1.54, 1.807) is 0 Å². The van der Waals surface area contributed by atoms with Crippen LogP contribution in [0.25, 0.3) is 75.5 Å². The maximum Gasteiger partial charge on any atom is 0.0540 e. The largest absolute Gasteiger partial charge is 0.310 e. The molecule has 0 saturated heterocycles. The van der Waals surface area contributed by atoms with Crippen LogP contribution in [0, 0.1) is 0 Å². The van der Waals surface area contributed by atoms with Gasteiger partial charge in [-0.25, -0.2) is 0 Å². The molecule has 0 amide bonds. The Hall–Kier alpha value is -6.74. The van der Waals surface area contributed by atoms with Crippen molar-refractivity contribution in [3.05, 3.63) is 212 Å². The highest BCUT2D eigenvalue weighted by molar-refractivity contribution is 7.26. The second kappa shape index (κ2) is 13.7. The first-order chi connectivity index (χ1) is 26.8. The molecule has 0 aliphatic carbocycles. The van der Waals surface area contributed by atoms with Gasteiger partial charge in [0.1, 0.15) is 0 Å². The van der Waals surface area contributed by atoms with Crippen LogP contribution in [0.5, 0.6) is 0 Å². The quantitative estimate of drug-likeness (QED) is 0.160. The number of nitrogens with zero attached hydrogens (tertiary/aromatic N) is 1. The van der Waals surface area contributed by atoms with E-state index in [1.165, 1.54) is 75.5 Å². The molecule has 0 fully saturated rings. The number of para-hydroxylation sites is 1. The van der Waals surface area contributed by atoms with Gasteiger partial charge in [0.05, 0.1) is 5.69 Å². The summed E-state index contributed by atoms with van der Waals surface area (Å²) in [5, 5.41) is 5.26. The Bertz CT molecular complexity index is 2890. The van der Waals surface area contributed by atoms with Gasteiger partial charge in [-0.15, -0.1) is 11.3 Å². The summed E-state index contributed by atoms with van der Waals surface area (Å²) in [6, 6.07) is 77.0. The number of anilines is 3. The first-order valence-corrected chi connectivity index (χ1v) is 19.2. The molecule has 0 atom stereocenters. The van der Waals surface area contributed by atoms with E-state index in [9.17, 15) is 0 Å². The van der Waals surface area contributed by atoms with Crippen LogP contribution >= 0.6 is 11.3 Å². The molecule has 0 aliphatic heterocycles. The Morgan fingerprint density at radius 3 is 1.46 bits per heavy atom. The van der Waals surface area contributed by atoms with Gasteiger partial charge in [0, 0.05) is 37.1 Å². The van der Waals surface area contributed by atoms with E-state index in [0.717, 1.165) is 17.1 Å². The molecule has 1 nitrogen and oxygen atoms in total. The second-order valence-corrected chi connectivity index (χ2v) is 14.8. The summed E-state index contributed by atoms with van der Waals surface area (Å²) >= 11 is 1.87. The van der Waals surface area contributed by atoms with E-state index >= 15 is 0 Å². The van der Waals surface area contributed by atoms with Gasteiger partial charge in [0.2, 0.25) is 0 Å². The van der Waals surface area contributed by atoms with Crippen molar-refractivity contribution in [2.75, 3.05) is 4.90 Å². The van der Waals surface area contributed by atoms with Crippen molar-refractivity contribution < 1.29 is 0 Å². The highest BCUT2D eigenvalue weighted by atomic mass is 32.1. The Balaban J connectivity index is 1.07. The van der Waals surface area contributed by atoms with Crippen LogP contribution in [-0.2, 0) is 0 Å². The fourth-order valence-electron chi connectivity index (χ4n) is 7.77. The lowest BCUT2D eigenvalue weighted by Crippen LogP contribution is -2.11. The van der Waals surface area contributed by atoms with Crippen molar-refractivity contribution in [3.8, 4) is 44.5 Å². The van der Waals surface area contributed by atoms with E-state index in [-0.39, 0.29) is 0 Å². The zero-order chi connectivity index (χ0) is 35.8. The van der Waals surface area contributed by atoms with Gasteiger partial charge in [-0.2, -0.15) is 0 Å². The lowest BCUT2D eigenvalue weighted by atomic mass is 9.97. The minimum absolute atomic E-state index is 1.10. The third kappa shape index (κ3) is 5.84. The predicted octanol–water partition coefficient (Wildman–Crippen LogP) is 15.3. The van der Waals surface area contributed by atoms with Crippen molar-refractivity contribution >= 4 is 59.3 Å². The molecule has 0 aliphatic rings. The number of hydrogen-bond donors (Lipinski definition) is 0. The molecule has 254 valence electrons. The number of fused-ring (bicyclic) bond motifs is 5. The molecule has 9 aromatic carbocycles. The van der Waals surface area contributed by atoms with Crippen molar-refractivity contribution in [2.45, 2.75) is 0 Å². The van der Waals surface area contributed by atoms with E-state index in [2.05, 4.69) is 217 Å². The third-order valence-electron chi connectivity index (χ3n) is 10.5. The zero-order valence-electron chi connectivity index (χ0n) is 29.6. The monoisotopic (exact) mass is 705 g/mol. The summed E-state index contributed by atoms with van der Waals surface area (Å²) < 4.78 is 2.66. The molecule has 54 heavy (non-hydrogen) atoms. The van der Waals surface area contributed by atoms with Gasteiger partial charge in [0.25, 0.3) is 0 Å². The van der Waals surface area contributed by atoms with E-state index in [0.29, 0.717) is 0 Å². The smallest absolute Gasteiger partial charge is 0.0540 e. The summed E-state index contributed by atoms with van der Waals surface area (Å²) in [6.07, 6.45) is 0.